The van der Waals surface area contributed by atoms with Gasteiger partial charge in [-0.05, 0) is 29.8 Å². The van der Waals surface area contributed by atoms with Crippen molar-refractivity contribution in [1.82, 2.24) is 0 Å². The number of anilines is 1. The van der Waals surface area contributed by atoms with Gasteiger partial charge in [0.25, 0.3) is 11.8 Å². The number of hydrogen-bond acceptors (Lipinski definition) is 4. The van der Waals surface area contributed by atoms with Crippen LogP contribution in [-0.2, 0) is 9.59 Å². The number of benzene rings is 2. The van der Waals surface area contributed by atoms with Crippen LogP contribution in [0.5, 0.6) is 11.5 Å². The van der Waals surface area contributed by atoms with Crippen LogP contribution in [0.2, 0.25) is 0 Å². The Labute approximate surface area is 148 Å². The third-order valence-corrected chi connectivity index (χ3v) is 4.14. The molecule has 2 amide bonds. The number of hydrogen-bond donors (Lipinski definition) is 0. The Kier molecular flexibility index (Phi) is 4.46. The SMILES string of the molecule is COc1ccc(N2C(=O)C(Cl)=C(c3ccc(F)cc3)C2=O)cc1OC. The molecule has 0 aromatic heterocycles. The lowest BCUT2D eigenvalue weighted by molar-refractivity contribution is -0.119. The average Bonchev–Trinajstić information content (AvgIpc) is 2.84. The maximum Gasteiger partial charge on any atom is 0.277 e. The summed E-state index contributed by atoms with van der Waals surface area (Å²) < 4.78 is 23.4. The molecule has 5 nitrogen and oxygen atoms in total. The van der Waals surface area contributed by atoms with Crippen LogP contribution >= 0.6 is 11.6 Å². The molecule has 0 unspecified atom stereocenters. The van der Waals surface area contributed by atoms with Gasteiger partial charge < -0.3 is 9.47 Å². The van der Waals surface area contributed by atoms with Crippen LogP contribution in [0.4, 0.5) is 10.1 Å². The minimum atomic E-state index is -0.654. The molecule has 0 saturated heterocycles. The van der Waals surface area contributed by atoms with Gasteiger partial charge >= 0.3 is 0 Å². The molecule has 1 heterocycles. The Morgan fingerprint density at radius 3 is 2.16 bits per heavy atom. The van der Waals surface area contributed by atoms with Crippen molar-refractivity contribution in [1.29, 1.82) is 0 Å². The molecular weight excluding hydrogens is 349 g/mol. The molecule has 0 bridgehead atoms. The van der Waals surface area contributed by atoms with Gasteiger partial charge in [0.1, 0.15) is 10.8 Å². The second kappa shape index (κ2) is 6.57. The second-order valence-corrected chi connectivity index (χ2v) is 5.56. The van der Waals surface area contributed by atoms with E-state index in [-0.39, 0.29) is 10.6 Å². The van der Waals surface area contributed by atoms with E-state index in [4.69, 9.17) is 21.1 Å². The summed E-state index contributed by atoms with van der Waals surface area (Å²) in [4.78, 5) is 26.2. The molecule has 0 fully saturated rings. The molecule has 0 spiro atoms. The zero-order valence-electron chi connectivity index (χ0n) is 13.4. The van der Waals surface area contributed by atoms with Crippen LogP contribution in [0.1, 0.15) is 5.56 Å². The summed E-state index contributed by atoms with van der Waals surface area (Å²) in [6, 6.07) is 9.83. The van der Waals surface area contributed by atoms with E-state index in [0.29, 0.717) is 22.7 Å². The summed E-state index contributed by atoms with van der Waals surface area (Å²) in [7, 11) is 2.93. The van der Waals surface area contributed by atoms with Crippen LogP contribution in [0, 0.1) is 5.82 Å². The van der Waals surface area contributed by atoms with E-state index in [9.17, 15) is 14.0 Å². The Morgan fingerprint density at radius 1 is 0.920 bits per heavy atom. The monoisotopic (exact) mass is 361 g/mol. The minimum Gasteiger partial charge on any atom is -0.493 e. The molecule has 7 heteroatoms. The second-order valence-electron chi connectivity index (χ2n) is 5.18. The van der Waals surface area contributed by atoms with Gasteiger partial charge in [-0.25, -0.2) is 9.29 Å². The van der Waals surface area contributed by atoms with Crippen molar-refractivity contribution < 1.29 is 23.5 Å². The lowest BCUT2D eigenvalue weighted by atomic mass is 10.1. The number of amides is 2. The van der Waals surface area contributed by atoms with E-state index in [0.717, 1.165) is 4.90 Å². The Hall–Kier alpha value is -2.86. The van der Waals surface area contributed by atoms with Crippen LogP contribution in [-0.4, -0.2) is 26.0 Å². The number of carbonyl (C=O) groups is 2. The standard InChI is InChI=1S/C18H13ClFNO4/c1-24-13-8-7-12(9-14(13)25-2)21-17(22)15(16(19)18(21)23)10-3-5-11(20)6-4-10/h3-9H,1-2H3. The average molecular weight is 362 g/mol. The Morgan fingerprint density at radius 2 is 1.56 bits per heavy atom. The molecule has 1 aliphatic rings. The number of carbonyl (C=O) groups excluding carboxylic acids is 2. The van der Waals surface area contributed by atoms with Gasteiger partial charge in [0.15, 0.2) is 11.5 Å². The normalized spacial score (nSPS) is 14.3. The summed E-state index contributed by atoms with van der Waals surface area (Å²) in [6.45, 7) is 0. The smallest absolute Gasteiger partial charge is 0.277 e. The minimum absolute atomic E-state index is 0.0291. The van der Waals surface area contributed by atoms with Crippen LogP contribution in [0.15, 0.2) is 47.5 Å². The third kappa shape index (κ3) is 2.85. The van der Waals surface area contributed by atoms with E-state index in [2.05, 4.69) is 0 Å². The molecule has 0 atom stereocenters. The van der Waals surface area contributed by atoms with Crippen LogP contribution in [0.25, 0.3) is 5.57 Å². The number of rotatable bonds is 4. The first-order chi connectivity index (χ1) is 12.0. The molecule has 25 heavy (non-hydrogen) atoms. The van der Waals surface area contributed by atoms with Crippen molar-refractivity contribution >= 4 is 34.7 Å². The molecule has 128 valence electrons. The number of imide groups is 1. The molecule has 0 aliphatic carbocycles. The van der Waals surface area contributed by atoms with E-state index in [1.54, 1.807) is 12.1 Å². The maximum absolute atomic E-state index is 13.1. The van der Waals surface area contributed by atoms with Gasteiger partial charge in [-0.1, -0.05) is 23.7 Å². The molecule has 3 rings (SSSR count). The van der Waals surface area contributed by atoms with Crippen molar-refractivity contribution in [3.8, 4) is 11.5 Å². The molecule has 1 aliphatic heterocycles. The summed E-state index contributed by atoms with van der Waals surface area (Å²) in [5.41, 5.74) is 0.692. The lowest BCUT2D eigenvalue weighted by Gasteiger charge is -2.17. The quantitative estimate of drug-likeness (QED) is 0.783. The van der Waals surface area contributed by atoms with Crippen LogP contribution in [0.3, 0.4) is 0 Å². The number of ether oxygens (including phenoxy) is 2. The summed E-state index contributed by atoms with van der Waals surface area (Å²) in [5.74, 6) is -0.865. The zero-order chi connectivity index (χ0) is 18.1. The first kappa shape index (κ1) is 17.0. The van der Waals surface area contributed by atoms with E-state index < -0.39 is 17.6 Å². The van der Waals surface area contributed by atoms with Crippen molar-refractivity contribution in [2.24, 2.45) is 0 Å². The highest BCUT2D eigenvalue weighted by atomic mass is 35.5. The summed E-state index contributed by atoms with van der Waals surface area (Å²) in [5, 5.41) is -0.216. The fourth-order valence-corrected chi connectivity index (χ4v) is 2.84. The molecule has 0 saturated carbocycles. The van der Waals surface area contributed by atoms with Crippen molar-refractivity contribution in [3.05, 3.63) is 58.9 Å². The van der Waals surface area contributed by atoms with Gasteiger partial charge in [-0.15, -0.1) is 0 Å². The predicted octanol–water partition coefficient (Wildman–Crippen LogP) is 3.37. The van der Waals surface area contributed by atoms with Crippen molar-refractivity contribution in [2.45, 2.75) is 0 Å². The van der Waals surface area contributed by atoms with E-state index in [1.165, 1.54) is 44.6 Å². The molecule has 2 aromatic rings. The Balaban J connectivity index is 2.03. The highest BCUT2D eigenvalue weighted by Crippen LogP contribution is 2.38. The first-order valence-corrected chi connectivity index (χ1v) is 7.62. The summed E-state index contributed by atoms with van der Waals surface area (Å²) >= 11 is 6.09. The fraction of sp³-hybridized carbons (Fsp3) is 0.111. The predicted molar refractivity (Wildman–Crippen MR) is 91.2 cm³/mol. The highest BCUT2D eigenvalue weighted by molar-refractivity contribution is 6.60. The summed E-state index contributed by atoms with van der Waals surface area (Å²) in [6.07, 6.45) is 0. The van der Waals surface area contributed by atoms with Gasteiger partial charge in [-0.2, -0.15) is 0 Å². The number of methoxy groups -OCH3 is 2. The van der Waals surface area contributed by atoms with Gasteiger partial charge in [0.2, 0.25) is 0 Å². The fourth-order valence-electron chi connectivity index (χ4n) is 2.57. The maximum atomic E-state index is 13.1. The zero-order valence-corrected chi connectivity index (χ0v) is 14.1. The van der Waals surface area contributed by atoms with Crippen LogP contribution < -0.4 is 14.4 Å². The molecular formula is C18H13ClFNO4. The lowest BCUT2D eigenvalue weighted by Crippen LogP contribution is -2.31. The van der Waals surface area contributed by atoms with Gasteiger partial charge in [-0.3, -0.25) is 9.59 Å². The number of halogens is 2. The number of nitrogens with zero attached hydrogens (tertiary/aromatic N) is 1. The van der Waals surface area contributed by atoms with Crippen molar-refractivity contribution in [2.75, 3.05) is 19.1 Å². The van der Waals surface area contributed by atoms with Gasteiger partial charge in [0.05, 0.1) is 25.5 Å². The van der Waals surface area contributed by atoms with Crippen molar-refractivity contribution in [3.63, 3.8) is 0 Å². The largest absolute Gasteiger partial charge is 0.493 e. The highest BCUT2D eigenvalue weighted by Gasteiger charge is 2.39. The molecule has 2 aromatic carbocycles. The Bertz CT molecular complexity index is 892. The first-order valence-electron chi connectivity index (χ1n) is 7.24. The van der Waals surface area contributed by atoms with E-state index >= 15 is 0 Å². The van der Waals surface area contributed by atoms with E-state index in [1.807, 2.05) is 0 Å². The topological polar surface area (TPSA) is 55.8 Å². The van der Waals surface area contributed by atoms with Gasteiger partial charge in [0, 0.05) is 6.07 Å². The third-order valence-electron chi connectivity index (χ3n) is 3.79. The molecule has 0 N–H and O–H groups in total. The molecule has 0 radical (unpaired) electrons.